The van der Waals surface area contributed by atoms with Gasteiger partial charge in [0.05, 0.1) is 11.0 Å². The van der Waals surface area contributed by atoms with Gasteiger partial charge in [0.25, 0.3) is 11.6 Å². The number of hydrogen-bond acceptors (Lipinski definition) is 7. The monoisotopic (exact) mass is 348 g/mol. The van der Waals surface area contributed by atoms with Crippen LogP contribution in [0.15, 0.2) is 34.9 Å². The maximum Gasteiger partial charge on any atom is 0.275 e. The molecule has 25 heavy (non-hydrogen) atoms. The van der Waals surface area contributed by atoms with Gasteiger partial charge in [0.15, 0.2) is 5.69 Å². The molecule has 2 unspecified atom stereocenters. The molecule has 2 aromatic rings. The van der Waals surface area contributed by atoms with Gasteiger partial charge in [0.1, 0.15) is 12.3 Å². The molecule has 0 bridgehead atoms. The molecule has 1 amide bonds. The largest absolute Gasteiger partial charge is 0.446 e. The van der Waals surface area contributed by atoms with E-state index in [0.29, 0.717) is 13.0 Å². The zero-order chi connectivity index (χ0) is 18.6. The van der Waals surface area contributed by atoms with Crippen molar-refractivity contribution in [1.29, 1.82) is 0 Å². The van der Waals surface area contributed by atoms with E-state index < -0.39 is 17.1 Å². The molecule has 0 saturated heterocycles. The average molecular weight is 348 g/mol. The Morgan fingerprint density at radius 3 is 2.64 bits per heavy atom. The number of oxazole rings is 1. The van der Waals surface area contributed by atoms with Crippen LogP contribution in [0, 0.1) is 10.1 Å². The molecule has 9 nitrogen and oxygen atoms in total. The SMILES string of the molecule is CC(O)C(N)c1nc(C(=O)N(C)CCc2ccc([N+](=O)[O-])cc2)co1. The van der Waals surface area contributed by atoms with Gasteiger partial charge >= 0.3 is 0 Å². The number of nitrogens with zero attached hydrogens (tertiary/aromatic N) is 3. The second-order valence-electron chi connectivity index (χ2n) is 5.74. The fraction of sp³-hybridized carbons (Fsp3) is 0.375. The summed E-state index contributed by atoms with van der Waals surface area (Å²) in [6.45, 7) is 1.91. The fourth-order valence-corrected chi connectivity index (χ4v) is 2.12. The molecule has 134 valence electrons. The van der Waals surface area contributed by atoms with E-state index in [-0.39, 0.29) is 23.2 Å². The lowest BCUT2D eigenvalue weighted by molar-refractivity contribution is -0.384. The van der Waals surface area contributed by atoms with Crippen LogP contribution in [0.2, 0.25) is 0 Å². The number of hydrogen-bond donors (Lipinski definition) is 2. The van der Waals surface area contributed by atoms with Gasteiger partial charge in [-0.1, -0.05) is 12.1 Å². The molecule has 0 aliphatic rings. The first-order valence-electron chi connectivity index (χ1n) is 7.67. The quantitative estimate of drug-likeness (QED) is 0.568. The van der Waals surface area contributed by atoms with Crippen LogP contribution >= 0.6 is 0 Å². The maximum atomic E-state index is 12.3. The number of carbonyl (C=O) groups is 1. The Morgan fingerprint density at radius 2 is 2.08 bits per heavy atom. The Balaban J connectivity index is 1.95. The third-order valence-corrected chi connectivity index (χ3v) is 3.78. The van der Waals surface area contributed by atoms with Crippen LogP contribution in [0.5, 0.6) is 0 Å². The summed E-state index contributed by atoms with van der Waals surface area (Å²) < 4.78 is 5.15. The second-order valence-corrected chi connectivity index (χ2v) is 5.74. The predicted octanol–water partition coefficient (Wildman–Crippen LogP) is 1.28. The maximum absolute atomic E-state index is 12.3. The highest BCUT2D eigenvalue weighted by Crippen LogP contribution is 2.15. The van der Waals surface area contributed by atoms with E-state index in [1.54, 1.807) is 19.2 Å². The molecule has 0 aliphatic heterocycles. The summed E-state index contributed by atoms with van der Waals surface area (Å²) in [5.74, 6) is -0.239. The van der Waals surface area contributed by atoms with Gasteiger partial charge < -0.3 is 20.2 Å². The van der Waals surface area contributed by atoms with Gasteiger partial charge in [-0.2, -0.15) is 0 Å². The molecule has 1 aromatic carbocycles. The van der Waals surface area contributed by atoms with Gasteiger partial charge in [-0.05, 0) is 18.9 Å². The smallest absolute Gasteiger partial charge is 0.275 e. The molecule has 0 aliphatic carbocycles. The summed E-state index contributed by atoms with van der Waals surface area (Å²) in [5, 5.41) is 20.1. The highest BCUT2D eigenvalue weighted by molar-refractivity contribution is 5.91. The molecule has 3 N–H and O–H groups in total. The number of aliphatic hydroxyl groups is 1. The Hall–Kier alpha value is -2.78. The number of benzene rings is 1. The Morgan fingerprint density at radius 1 is 1.44 bits per heavy atom. The van der Waals surface area contributed by atoms with E-state index in [2.05, 4.69) is 4.98 Å². The zero-order valence-corrected chi connectivity index (χ0v) is 14.0. The number of aromatic nitrogens is 1. The Bertz CT molecular complexity index is 741. The van der Waals surface area contributed by atoms with Crippen molar-refractivity contribution in [3.63, 3.8) is 0 Å². The van der Waals surface area contributed by atoms with Crippen molar-refractivity contribution in [3.05, 3.63) is 57.8 Å². The van der Waals surface area contributed by atoms with Gasteiger partial charge in [0, 0.05) is 25.7 Å². The van der Waals surface area contributed by atoms with Crippen molar-refractivity contribution in [3.8, 4) is 0 Å². The number of non-ortho nitro benzene ring substituents is 1. The molecule has 2 atom stereocenters. The van der Waals surface area contributed by atoms with Crippen LogP contribution in [-0.2, 0) is 6.42 Å². The van der Waals surface area contributed by atoms with Crippen LogP contribution in [-0.4, -0.2) is 45.5 Å². The summed E-state index contributed by atoms with van der Waals surface area (Å²) in [4.78, 5) is 28.0. The van der Waals surface area contributed by atoms with Crippen molar-refractivity contribution in [2.24, 2.45) is 5.73 Å². The zero-order valence-electron chi connectivity index (χ0n) is 14.0. The van der Waals surface area contributed by atoms with Crippen molar-refractivity contribution in [1.82, 2.24) is 9.88 Å². The lowest BCUT2D eigenvalue weighted by atomic mass is 10.1. The molecule has 0 fully saturated rings. The fourth-order valence-electron chi connectivity index (χ4n) is 2.12. The third-order valence-electron chi connectivity index (χ3n) is 3.78. The molecule has 1 heterocycles. The molecule has 2 rings (SSSR count). The topological polar surface area (TPSA) is 136 Å². The van der Waals surface area contributed by atoms with E-state index in [1.807, 2.05) is 0 Å². The number of nitro benzene ring substituents is 1. The summed E-state index contributed by atoms with van der Waals surface area (Å²) in [6.07, 6.45) is 0.905. The van der Waals surface area contributed by atoms with Crippen molar-refractivity contribution in [2.75, 3.05) is 13.6 Å². The van der Waals surface area contributed by atoms with Crippen molar-refractivity contribution in [2.45, 2.75) is 25.5 Å². The first kappa shape index (κ1) is 18.6. The number of nitrogens with two attached hydrogens (primary N) is 1. The number of nitro groups is 1. The highest BCUT2D eigenvalue weighted by atomic mass is 16.6. The van der Waals surface area contributed by atoms with Gasteiger partial charge in [-0.25, -0.2) is 4.98 Å². The van der Waals surface area contributed by atoms with E-state index in [0.717, 1.165) is 5.56 Å². The molecule has 0 spiro atoms. The normalized spacial score (nSPS) is 13.3. The average Bonchev–Trinajstić information content (AvgIpc) is 3.08. The first-order chi connectivity index (χ1) is 11.8. The summed E-state index contributed by atoms with van der Waals surface area (Å²) >= 11 is 0. The standard InChI is InChI=1S/C16H20N4O5/c1-10(21)14(17)15-18-13(9-25-15)16(22)19(2)8-7-11-3-5-12(6-4-11)20(23)24/h3-6,9-10,14,21H,7-8,17H2,1-2H3. The number of amides is 1. The summed E-state index contributed by atoms with van der Waals surface area (Å²) in [5.41, 5.74) is 6.73. The van der Waals surface area contributed by atoms with E-state index in [9.17, 15) is 20.0 Å². The minimum atomic E-state index is -0.846. The minimum Gasteiger partial charge on any atom is -0.446 e. The van der Waals surface area contributed by atoms with Crippen LogP contribution < -0.4 is 5.73 Å². The summed E-state index contributed by atoms with van der Waals surface area (Å²) in [6, 6.07) is 5.38. The van der Waals surface area contributed by atoms with Gasteiger partial charge in [-0.3, -0.25) is 14.9 Å². The molecule has 0 saturated carbocycles. The Kier molecular flexibility index (Phi) is 5.84. The molecule has 9 heteroatoms. The predicted molar refractivity (Wildman–Crippen MR) is 88.9 cm³/mol. The molecule has 1 aromatic heterocycles. The lowest BCUT2D eigenvalue weighted by Gasteiger charge is -2.15. The third kappa shape index (κ3) is 4.61. The highest BCUT2D eigenvalue weighted by Gasteiger charge is 2.22. The molecule has 0 radical (unpaired) electrons. The van der Waals surface area contributed by atoms with Crippen LogP contribution in [0.4, 0.5) is 5.69 Å². The number of aliphatic hydroxyl groups excluding tert-OH is 1. The Labute approximate surface area is 144 Å². The van der Waals surface area contributed by atoms with Crippen LogP contribution in [0.25, 0.3) is 0 Å². The molecular weight excluding hydrogens is 328 g/mol. The number of carbonyl (C=O) groups excluding carboxylic acids is 1. The van der Waals surface area contributed by atoms with Crippen LogP contribution in [0.3, 0.4) is 0 Å². The number of rotatable bonds is 7. The van der Waals surface area contributed by atoms with E-state index in [4.69, 9.17) is 10.2 Å². The van der Waals surface area contributed by atoms with Crippen molar-refractivity contribution < 1.29 is 19.2 Å². The lowest BCUT2D eigenvalue weighted by Crippen LogP contribution is -2.29. The minimum absolute atomic E-state index is 0.0257. The van der Waals surface area contributed by atoms with Crippen molar-refractivity contribution >= 4 is 11.6 Å². The first-order valence-corrected chi connectivity index (χ1v) is 7.67. The number of likely N-dealkylation sites (N-methyl/N-ethyl adjacent to an activating group) is 1. The van der Waals surface area contributed by atoms with Gasteiger partial charge in [0.2, 0.25) is 5.89 Å². The van der Waals surface area contributed by atoms with E-state index >= 15 is 0 Å². The molecular formula is C16H20N4O5. The van der Waals surface area contributed by atoms with Gasteiger partial charge in [-0.15, -0.1) is 0 Å². The summed E-state index contributed by atoms with van der Waals surface area (Å²) in [7, 11) is 1.62. The second kappa shape index (κ2) is 7.86. The van der Waals surface area contributed by atoms with E-state index in [1.165, 1.54) is 30.2 Å². The van der Waals surface area contributed by atoms with Crippen LogP contribution in [0.1, 0.15) is 34.9 Å².